The Bertz CT molecular complexity index is 1300. The van der Waals surface area contributed by atoms with Crippen LogP contribution in [-0.2, 0) is 0 Å². The fourth-order valence-corrected chi connectivity index (χ4v) is 4.80. The standard InChI is InChI=1S/C25H28N8.C2H6.2H2/c1-3-27-25-21(8-12-29-25)17(2)20-14-30-33(16-20)22(6-10-26)19-9-13-32(15-19)23-5-4-18-7-11-28-24(18)31-23;1-2;;/h4-5,7-8,11-12,14,16,19,22H,3,6,9,13,15H2,1-2H3,(H,27,29)(H,28,31);1-2H3;2*1H/b21-17+;;;. The third-order valence-electron chi connectivity index (χ3n) is 6.61. The smallest absolute Gasteiger partial charge is 0.139 e. The van der Waals surface area contributed by atoms with Gasteiger partial charge in [-0.2, -0.15) is 10.4 Å². The molecule has 1 saturated heterocycles. The third kappa shape index (κ3) is 4.99. The normalized spacial score (nSPS) is 20.5. The lowest BCUT2D eigenvalue weighted by atomic mass is 9.96. The van der Waals surface area contributed by atoms with E-state index in [1.165, 1.54) is 0 Å². The number of allylic oxidation sites excluding steroid dienone is 1. The first kappa shape index (κ1) is 24.3. The highest BCUT2D eigenvalue weighted by molar-refractivity contribution is 6.09. The van der Waals surface area contributed by atoms with E-state index in [0.29, 0.717) is 12.3 Å². The van der Waals surface area contributed by atoms with Crippen molar-refractivity contribution in [2.75, 3.05) is 24.5 Å². The number of rotatable bonds is 6. The van der Waals surface area contributed by atoms with Crippen molar-refractivity contribution in [1.82, 2.24) is 25.1 Å². The minimum absolute atomic E-state index is 0. The van der Waals surface area contributed by atoms with Gasteiger partial charge in [0.2, 0.25) is 0 Å². The zero-order valence-electron chi connectivity index (χ0n) is 21.0. The summed E-state index contributed by atoms with van der Waals surface area (Å²) < 4.78 is 1.99. The summed E-state index contributed by atoms with van der Waals surface area (Å²) >= 11 is 0. The molecule has 5 heterocycles. The Morgan fingerprint density at radius 1 is 1.34 bits per heavy atom. The van der Waals surface area contributed by atoms with Gasteiger partial charge in [-0.05, 0) is 50.1 Å². The molecule has 5 rings (SSSR count). The largest absolute Gasteiger partial charge is 0.356 e. The number of nitrogens with zero attached hydrogens (tertiary/aromatic N) is 6. The van der Waals surface area contributed by atoms with Crippen molar-refractivity contribution in [2.45, 2.75) is 46.6 Å². The first-order valence-electron chi connectivity index (χ1n) is 12.5. The first-order valence-corrected chi connectivity index (χ1v) is 12.5. The van der Waals surface area contributed by atoms with Crippen LogP contribution in [0.2, 0.25) is 0 Å². The molecule has 2 aliphatic rings. The maximum Gasteiger partial charge on any atom is 0.139 e. The molecule has 2 atom stereocenters. The molecule has 2 N–H and O–H groups in total. The van der Waals surface area contributed by atoms with Gasteiger partial charge in [0, 0.05) is 63.5 Å². The van der Waals surface area contributed by atoms with E-state index in [1.807, 2.05) is 50.1 Å². The second-order valence-corrected chi connectivity index (χ2v) is 8.56. The Morgan fingerprint density at radius 3 is 3.00 bits per heavy atom. The van der Waals surface area contributed by atoms with Crippen LogP contribution in [0.15, 0.2) is 59.6 Å². The van der Waals surface area contributed by atoms with Gasteiger partial charge in [0.15, 0.2) is 0 Å². The average molecular weight is 475 g/mol. The Kier molecular flexibility index (Phi) is 7.66. The average Bonchev–Trinajstić information content (AvgIpc) is 3.69. The molecule has 3 aromatic rings. The number of hydrogen-bond acceptors (Lipinski definition) is 5. The molecule has 186 valence electrons. The fraction of sp³-hybridized carbons (Fsp3) is 0.407. The highest BCUT2D eigenvalue weighted by atomic mass is 15.3. The number of anilines is 1. The number of aliphatic imine (C=N–C) groups is 1. The van der Waals surface area contributed by atoms with Crippen molar-refractivity contribution >= 4 is 28.3 Å². The van der Waals surface area contributed by atoms with Gasteiger partial charge in [-0.15, -0.1) is 0 Å². The molecule has 35 heavy (non-hydrogen) atoms. The predicted octanol–water partition coefficient (Wildman–Crippen LogP) is 5.57. The van der Waals surface area contributed by atoms with Crippen LogP contribution >= 0.6 is 0 Å². The van der Waals surface area contributed by atoms with Gasteiger partial charge in [-0.3, -0.25) is 9.67 Å². The summed E-state index contributed by atoms with van der Waals surface area (Å²) in [5.74, 6) is 2.21. The lowest BCUT2D eigenvalue weighted by Crippen LogP contribution is -2.25. The monoisotopic (exact) mass is 474 g/mol. The van der Waals surface area contributed by atoms with Crippen molar-refractivity contribution in [3.8, 4) is 6.07 Å². The van der Waals surface area contributed by atoms with E-state index < -0.39 is 0 Å². The lowest BCUT2D eigenvalue weighted by Gasteiger charge is -2.23. The first-order chi connectivity index (χ1) is 17.2. The van der Waals surface area contributed by atoms with Crippen molar-refractivity contribution in [3.63, 3.8) is 0 Å². The van der Waals surface area contributed by atoms with Gasteiger partial charge < -0.3 is 15.2 Å². The quantitative estimate of drug-likeness (QED) is 0.487. The van der Waals surface area contributed by atoms with Crippen LogP contribution < -0.4 is 10.2 Å². The molecule has 0 aliphatic carbocycles. The number of pyridine rings is 1. The number of nitriles is 1. The molecule has 8 heteroatoms. The molecule has 0 amide bonds. The molecule has 0 bridgehead atoms. The van der Waals surface area contributed by atoms with Gasteiger partial charge >= 0.3 is 0 Å². The molecule has 0 saturated carbocycles. The molecule has 0 radical (unpaired) electrons. The number of hydrogen-bond donors (Lipinski definition) is 2. The zero-order chi connectivity index (χ0) is 24.8. The van der Waals surface area contributed by atoms with Gasteiger partial charge in [0.05, 0.1) is 24.7 Å². The van der Waals surface area contributed by atoms with E-state index in [-0.39, 0.29) is 8.90 Å². The van der Waals surface area contributed by atoms with Crippen molar-refractivity contribution < 1.29 is 2.85 Å². The molecule has 2 aliphatic heterocycles. The zero-order valence-corrected chi connectivity index (χ0v) is 21.0. The second-order valence-electron chi connectivity index (χ2n) is 8.56. The topological polar surface area (TPSA) is 97.9 Å². The summed E-state index contributed by atoms with van der Waals surface area (Å²) in [7, 11) is 0. The Morgan fingerprint density at radius 2 is 2.20 bits per heavy atom. The second kappa shape index (κ2) is 11.0. The Hall–Kier alpha value is -3.86. The summed E-state index contributed by atoms with van der Waals surface area (Å²) in [4.78, 5) is 14.8. The number of aromatic amines is 1. The highest BCUT2D eigenvalue weighted by Crippen LogP contribution is 2.33. The summed E-state index contributed by atoms with van der Waals surface area (Å²) in [5.41, 5.74) is 4.18. The molecular formula is C27H38N8. The molecule has 3 aromatic heterocycles. The molecule has 0 spiro atoms. The van der Waals surface area contributed by atoms with Crippen LogP contribution in [0.3, 0.4) is 0 Å². The van der Waals surface area contributed by atoms with Crippen LogP contribution in [0.4, 0.5) is 5.82 Å². The van der Waals surface area contributed by atoms with Crippen molar-refractivity contribution in [2.24, 2.45) is 10.9 Å². The SMILES string of the molecule is CC.CCN=C1NC=C/C1=C(/C)c1cnn(C(CC#N)C2CCN(c3ccc4cc[nH]c4n3)C2)c1.[HH].[HH]. The molecule has 0 aromatic carbocycles. The summed E-state index contributed by atoms with van der Waals surface area (Å²) in [6.07, 6.45) is 11.3. The summed E-state index contributed by atoms with van der Waals surface area (Å²) in [5, 5.41) is 18.6. The van der Waals surface area contributed by atoms with E-state index in [1.54, 1.807) is 0 Å². The number of H-pyrrole nitrogens is 1. The van der Waals surface area contributed by atoms with E-state index >= 15 is 0 Å². The minimum Gasteiger partial charge on any atom is -0.356 e. The van der Waals surface area contributed by atoms with E-state index in [9.17, 15) is 5.26 Å². The number of aromatic nitrogens is 4. The maximum atomic E-state index is 9.55. The number of nitrogens with one attached hydrogen (secondary N) is 2. The Labute approximate surface area is 210 Å². The van der Waals surface area contributed by atoms with Crippen LogP contribution in [0, 0.1) is 17.2 Å². The highest BCUT2D eigenvalue weighted by Gasteiger charge is 2.32. The third-order valence-corrected chi connectivity index (χ3v) is 6.61. The molecule has 8 nitrogen and oxygen atoms in total. The van der Waals surface area contributed by atoms with Gasteiger partial charge in [0.25, 0.3) is 0 Å². The van der Waals surface area contributed by atoms with Crippen LogP contribution in [0.25, 0.3) is 16.6 Å². The van der Waals surface area contributed by atoms with Gasteiger partial charge in [0.1, 0.15) is 17.3 Å². The Balaban J connectivity index is 0.00000118. The van der Waals surface area contributed by atoms with Crippen LogP contribution in [-0.4, -0.2) is 45.2 Å². The molecular weight excluding hydrogens is 436 g/mol. The van der Waals surface area contributed by atoms with E-state index in [2.05, 4.69) is 62.7 Å². The summed E-state index contributed by atoms with van der Waals surface area (Å²) in [6, 6.07) is 8.63. The molecule has 1 fully saturated rings. The molecule has 2 unspecified atom stereocenters. The lowest BCUT2D eigenvalue weighted by molar-refractivity contribution is 0.331. The maximum absolute atomic E-state index is 9.55. The van der Waals surface area contributed by atoms with Crippen LogP contribution in [0.5, 0.6) is 0 Å². The van der Waals surface area contributed by atoms with E-state index in [4.69, 9.17) is 4.98 Å². The van der Waals surface area contributed by atoms with Gasteiger partial charge in [-0.1, -0.05) is 13.8 Å². The number of amidine groups is 1. The van der Waals surface area contributed by atoms with Crippen molar-refractivity contribution in [1.29, 1.82) is 5.26 Å². The number of fused-ring (bicyclic) bond motifs is 1. The van der Waals surface area contributed by atoms with Crippen LogP contribution in [0.1, 0.15) is 55.0 Å². The predicted molar refractivity (Wildman–Crippen MR) is 146 cm³/mol. The van der Waals surface area contributed by atoms with Gasteiger partial charge in [-0.25, -0.2) is 4.98 Å². The van der Waals surface area contributed by atoms with E-state index in [0.717, 1.165) is 65.5 Å². The minimum atomic E-state index is 0. The fourth-order valence-electron chi connectivity index (χ4n) is 4.80. The summed E-state index contributed by atoms with van der Waals surface area (Å²) in [6.45, 7) is 10.6. The van der Waals surface area contributed by atoms with Crippen molar-refractivity contribution in [3.05, 3.63) is 60.2 Å².